The maximum absolute atomic E-state index is 12.4. The van der Waals surface area contributed by atoms with E-state index in [1.807, 2.05) is 0 Å². The molecular formula is C18H21N5O3. The number of ketones is 1. The molecule has 2 aliphatic rings. The fourth-order valence-corrected chi connectivity index (χ4v) is 3.50. The maximum Gasteiger partial charge on any atom is 0.289 e. The number of carbonyl (C=O) groups excluding carboxylic acids is 2. The topological polar surface area (TPSA) is 91.6 Å². The first-order valence-corrected chi connectivity index (χ1v) is 8.87. The molecule has 2 aromatic rings. The number of hydrogen-bond donors (Lipinski definition) is 1. The molecule has 8 nitrogen and oxygen atoms in total. The summed E-state index contributed by atoms with van der Waals surface area (Å²) in [6.45, 7) is 2.44. The Balaban J connectivity index is 1.51. The number of Topliss-reactive ketones (excluding diaryl/α,β-unsaturated/α-hetero) is 1. The molecule has 0 unspecified atom stereocenters. The normalized spacial score (nSPS) is 17.2. The maximum atomic E-state index is 12.4. The van der Waals surface area contributed by atoms with Crippen LogP contribution in [0, 0.1) is 0 Å². The van der Waals surface area contributed by atoms with Crippen molar-refractivity contribution < 1.29 is 14.0 Å². The second kappa shape index (κ2) is 6.78. The SMILES string of the molecule is CNc1nc(N2CCN(C(=O)c3ccco3)CC2)nc2c1C(=O)CCC2. The zero-order valence-electron chi connectivity index (χ0n) is 14.7. The second-order valence-electron chi connectivity index (χ2n) is 6.48. The third-order valence-electron chi connectivity index (χ3n) is 4.89. The minimum atomic E-state index is -0.0949. The van der Waals surface area contributed by atoms with Gasteiger partial charge in [-0.1, -0.05) is 0 Å². The number of piperazine rings is 1. The van der Waals surface area contributed by atoms with Crippen LogP contribution < -0.4 is 10.2 Å². The second-order valence-corrected chi connectivity index (χ2v) is 6.48. The smallest absolute Gasteiger partial charge is 0.289 e. The Morgan fingerprint density at radius 1 is 1.19 bits per heavy atom. The average Bonchev–Trinajstić information content (AvgIpc) is 3.21. The summed E-state index contributed by atoms with van der Waals surface area (Å²) in [5, 5.41) is 3.04. The van der Waals surface area contributed by atoms with Crippen LogP contribution in [0.4, 0.5) is 11.8 Å². The van der Waals surface area contributed by atoms with E-state index in [0.717, 1.165) is 18.5 Å². The quantitative estimate of drug-likeness (QED) is 0.894. The number of rotatable bonds is 3. The summed E-state index contributed by atoms with van der Waals surface area (Å²) in [6, 6.07) is 3.39. The van der Waals surface area contributed by atoms with Gasteiger partial charge in [0.05, 0.1) is 17.5 Å². The lowest BCUT2D eigenvalue weighted by atomic mass is 9.95. The van der Waals surface area contributed by atoms with Gasteiger partial charge in [-0.2, -0.15) is 4.98 Å². The molecule has 1 amide bonds. The van der Waals surface area contributed by atoms with E-state index >= 15 is 0 Å². The molecule has 2 aromatic heterocycles. The van der Waals surface area contributed by atoms with E-state index in [4.69, 9.17) is 4.42 Å². The average molecular weight is 355 g/mol. The number of amides is 1. The van der Waals surface area contributed by atoms with Crippen molar-refractivity contribution in [3.8, 4) is 0 Å². The first-order valence-electron chi connectivity index (χ1n) is 8.87. The van der Waals surface area contributed by atoms with Crippen molar-refractivity contribution in [3.05, 3.63) is 35.4 Å². The Kier molecular flexibility index (Phi) is 4.32. The number of nitrogens with zero attached hydrogens (tertiary/aromatic N) is 4. The van der Waals surface area contributed by atoms with Gasteiger partial charge in [-0.3, -0.25) is 9.59 Å². The molecule has 0 atom stereocenters. The molecule has 3 heterocycles. The van der Waals surface area contributed by atoms with Gasteiger partial charge in [-0.15, -0.1) is 0 Å². The predicted octanol–water partition coefficient (Wildman–Crippen LogP) is 1.59. The minimum Gasteiger partial charge on any atom is -0.459 e. The van der Waals surface area contributed by atoms with Crippen LogP contribution in [0.3, 0.4) is 0 Å². The van der Waals surface area contributed by atoms with Gasteiger partial charge in [0.1, 0.15) is 5.82 Å². The van der Waals surface area contributed by atoms with E-state index in [1.54, 1.807) is 24.1 Å². The highest BCUT2D eigenvalue weighted by Crippen LogP contribution is 2.28. The zero-order chi connectivity index (χ0) is 18.1. The van der Waals surface area contributed by atoms with Gasteiger partial charge in [-0.05, 0) is 25.0 Å². The molecule has 136 valence electrons. The molecule has 0 radical (unpaired) electrons. The summed E-state index contributed by atoms with van der Waals surface area (Å²) in [4.78, 5) is 37.6. The first kappa shape index (κ1) is 16.6. The highest BCUT2D eigenvalue weighted by molar-refractivity contribution is 6.02. The number of furan rings is 1. The molecule has 0 saturated carbocycles. The van der Waals surface area contributed by atoms with Crippen molar-refractivity contribution in [1.29, 1.82) is 0 Å². The van der Waals surface area contributed by atoms with Crippen LogP contribution in [0.25, 0.3) is 0 Å². The van der Waals surface area contributed by atoms with Crippen molar-refractivity contribution in [1.82, 2.24) is 14.9 Å². The Labute approximate surface area is 151 Å². The van der Waals surface area contributed by atoms with Gasteiger partial charge < -0.3 is 19.5 Å². The van der Waals surface area contributed by atoms with E-state index in [2.05, 4.69) is 20.2 Å². The number of fused-ring (bicyclic) bond motifs is 1. The summed E-state index contributed by atoms with van der Waals surface area (Å²) in [7, 11) is 1.77. The highest BCUT2D eigenvalue weighted by Gasteiger charge is 2.28. The fourth-order valence-electron chi connectivity index (χ4n) is 3.50. The van der Waals surface area contributed by atoms with Gasteiger partial charge in [0.25, 0.3) is 5.91 Å². The lowest BCUT2D eigenvalue weighted by molar-refractivity contribution is 0.0714. The number of anilines is 2. The Morgan fingerprint density at radius 2 is 2.00 bits per heavy atom. The molecule has 0 aromatic carbocycles. The summed E-state index contributed by atoms with van der Waals surface area (Å²) in [6.07, 6.45) is 3.68. The molecular weight excluding hydrogens is 334 g/mol. The number of aryl methyl sites for hydroxylation is 1. The van der Waals surface area contributed by atoms with Crippen molar-refractivity contribution in [2.24, 2.45) is 0 Å². The van der Waals surface area contributed by atoms with E-state index in [0.29, 0.717) is 55.7 Å². The van der Waals surface area contributed by atoms with Crippen LogP contribution in [0.15, 0.2) is 22.8 Å². The molecule has 26 heavy (non-hydrogen) atoms. The van der Waals surface area contributed by atoms with Crippen LogP contribution >= 0.6 is 0 Å². The molecule has 0 bridgehead atoms. The molecule has 1 N–H and O–H groups in total. The van der Waals surface area contributed by atoms with Crippen LogP contribution in [-0.4, -0.2) is 59.8 Å². The van der Waals surface area contributed by atoms with Crippen LogP contribution in [0.5, 0.6) is 0 Å². The van der Waals surface area contributed by atoms with Crippen molar-refractivity contribution in [3.63, 3.8) is 0 Å². The van der Waals surface area contributed by atoms with Crippen molar-refractivity contribution in [2.75, 3.05) is 43.4 Å². The third-order valence-corrected chi connectivity index (χ3v) is 4.89. The number of aromatic nitrogens is 2. The first-order chi connectivity index (χ1) is 12.7. The van der Waals surface area contributed by atoms with Gasteiger partial charge in [0.2, 0.25) is 5.95 Å². The van der Waals surface area contributed by atoms with Gasteiger partial charge >= 0.3 is 0 Å². The van der Waals surface area contributed by atoms with Gasteiger partial charge in [0.15, 0.2) is 11.5 Å². The van der Waals surface area contributed by atoms with Crippen LogP contribution in [0.2, 0.25) is 0 Å². The summed E-state index contributed by atoms with van der Waals surface area (Å²) < 4.78 is 5.19. The summed E-state index contributed by atoms with van der Waals surface area (Å²) in [5.74, 6) is 1.59. The monoisotopic (exact) mass is 355 g/mol. The molecule has 0 spiro atoms. The minimum absolute atomic E-state index is 0.0949. The van der Waals surface area contributed by atoms with E-state index < -0.39 is 0 Å². The van der Waals surface area contributed by atoms with Crippen molar-refractivity contribution in [2.45, 2.75) is 19.3 Å². The van der Waals surface area contributed by atoms with E-state index in [-0.39, 0.29) is 11.7 Å². The van der Waals surface area contributed by atoms with E-state index in [9.17, 15) is 9.59 Å². The molecule has 8 heteroatoms. The van der Waals surface area contributed by atoms with Crippen molar-refractivity contribution >= 4 is 23.5 Å². The summed E-state index contributed by atoms with van der Waals surface area (Å²) >= 11 is 0. The Hall–Kier alpha value is -2.90. The standard InChI is InChI=1S/C18H21N5O3/c1-19-16-15-12(4-2-5-13(15)24)20-18(21-16)23-9-7-22(8-10-23)17(25)14-6-3-11-26-14/h3,6,11H,2,4-5,7-10H2,1H3,(H,19,20,21). The number of carbonyl (C=O) groups is 2. The third kappa shape index (κ3) is 2.91. The molecule has 1 saturated heterocycles. The Bertz CT molecular complexity index is 808. The fraction of sp³-hybridized carbons (Fsp3) is 0.444. The zero-order valence-corrected chi connectivity index (χ0v) is 14.7. The number of nitrogens with one attached hydrogen (secondary N) is 1. The molecule has 1 aliphatic carbocycles. The van der Waals surface area contributed by atoms with Crippen LogP contribution in [-0.2, 0) is 6.42 Å². The molecule has 4 rings (SSSR count). The molecule has 1 fully saturated rings. The lowest BCUT2D eigenvalue weighted by Crippen LogP contribution is -2.49. The molecule has 1 aliphatic heterocycles. The van der Waals surface area contributed by atoms with Crippen LogP contribution in [0.1, 0.15) is 39.4 Å². The summed E-state index contributed by atoms with van der Waals surface area (Å²) in [5.41, 5.74) is 1.46. The highest BCUT2D eigenvalue weighted by atomic mass is 16.3. The predicted molar refractivity (Wildman–Crippen MR) is 95.7 cm³/mol. The van der Waals surface area contributed by atoms with Gasteiger partial charge in [-0.25, -0.2) is 4.98 Å². The largest absolute Gasteiger partial charge is 0.459 e. The van der Waals surface area contributed by atoms with Gasteiger partial charge in [0, 0.05) is 39.6 Å². The lowest BCUT2D eigenvalue weighted by Gasteiger charge is -2.35. The number of hydrogen-bond acceptors (Lipinski definition) is 7. The van der Waals surface area contributed by atoms with E-state index in [1.165, 1.54) is 6.26 Å². The Morgan fingerprint density at radius 3 is 2.69 bits per heavy atom.